The van der Waals surface area contributed by atoms with Crippen molar-refractivity contribution in [3.05, 3.63) is 65.7 Å². The second kappa shape index (κ2) is 7.11. The number of nitrogens with zero attached hydrogens (tertiary/aromatic N) is 1. The van der Waals surface area contributed by atoms with Gasteiger partial charge in [0.25, 0.3) is 0 Å². The van der Waals surface area contributed by atoms with Crippen LogP contribution in [0.3, 0.4) is 0 Å². The Kier molecular flexibility index (Phi) is 5.19. The average Bonchev–Trinajstić information content (AvgIpc) is 2.50. The van der Waals surface area contributed by atoms with Crippen molar-refractivity contribution in [1.82, 2.24) is 0 Å². The predicted octanol–water partition coefficient (Wildman–Crippen LogP) is 3.91. The van der Waals surface area contributed by atoms with Crippen molar-refractivity contribution in [3.8, 4) is 0 Å². The van der Waals surface area contributed by atoms with Crippen LogP contribution < -0.4 is 10.6 Å². The molecule has 106 valence electrons. The van der Waals surface area contributed by atoms with Crippen molar-refractivity contribution < 1.29 is 0 Å². The van der Waals surface area contributed by atoms with Gasteiger partial charge < -0.3 is 10.6 Å². The maximum atomic E-state index is 5.69. The van der Waals surface area contributed by atoms with Crippen LogP contribution in [0.25, 0.3) is 0 Å². The molecule has 1 unspecified atom stereocenters. The number of hydrogen-bond donors (Lipinski definition) is 1. The van der Waals surface area contributed by atoms with Crippen molar-refractivity contribution >= 4 is 5.69 Å². The second-order valence-corrected chi connectivity index (χ2v) is 5.26. The lowest BCUT2D eigenvalue weighted by Crippen LogP contribution is -2.29. The van der Waals surface area contributed by atoms with E-state index in [4.69, 9.17) is 5.73 Å². The Morgan fingerprint density at radius 1 is 1.00 bits per heavy atom. The molecule has 2 aromatic rings. The first kappa shape index (κ1) is 14.6. The van der Waals surface area contributed by atoms with Crippen LogP contribution in [0, 0.1) is 6.92 Å². The Hall–Kier alpha value is -1.80. The van der Waals surface area contributed by atoms with Crippen LogP contribution in [-0.2, 0) is 0 Å². The van der Waals surface area contributed by atoms with Crippen molar-refractivity contribution in [2.24, 2.45) is 5.73 Å². The molecule has 0 aliphatic heterocycles. The van der Waals surface area contributed by atoms with E-state index in [0.29, 0.717) is 6.04 Å². The fourth-order valence-electron chi connectivity index (χ4n) is 2.46. The number of nitrogens with two attached hydrogens (primary N) is 1. The molecule has 2 nitrogen and oxygen atoms in total. The van der Waals surface area contributed by atoms with E-state index in [2.05, 4.69) is 73.3 Å². The van der Waals surface area contributed by atoms with Crippen molar-refractivity contribution in [2.75, 3.05) is 18.0 Å². The summed E-state index contributed by atoms with van der Waals surface area (Å²) in [5.41, 5.74) is 9.59. The summed E-state index contributed by atoms with van der Waals surface area (Å²) in [6, 6.07) is 19.7. The molecule has 0 bridgehead atoms. The Morgan fingerprint density at radius 3 is 2.25 bits per heavy atom. The molecule has 0 saturated heterocycles. The van der Waals surface area contributed by atoms with Gasteiger partial charge >= 0.3 is 0 Å². The first-order valence-corrected chi connectivity index (χ1v) is 7.30. The van der Waals surface area contributed by atoms with Crippen LogP contribution >= 0.6 is 0 Å². The molecule has 0 amide bonds. The first-order chi connectivity index (χ1) is 9.72. The molecule has 0 heterocycles. The number of benzene rings is 2. The van der Waals surface area contributed by atoms with Gasteiger partial charge in [-0.05, 0) is 44.5 Å². The summed E-state index contributed by atoms with van der Waals surface area (Å²) in [7, 11) is 0. The second-order valence-electron chi connectivity index (χ2n) is 5.26. The highest BCUT2D eigenvalue weighted by atomic mass is 15.2. The first-order valence-electron chi connectivity index (χ1n) is 7.30. The molecule has 0 radical (unpaired) electrons. The third-order valence-corrected chi connectivity index (χ3v) is 3.72. The van der Waals surface area contributed by atoms with Gasteiger partial charge in [-0.15, -0.1) is 0 Å². The van der Waals surface area contributed by atoms with Crippen LogP contribution in [0.1, 0.15) is 30.5 Å². The Morgan fingerprint density at radius 2 is 1.65 bits per heavy atom. The van der Waals surface area contributed by atoms with E-state index in [1.165, 1.54) is 16.8 Å². The molecule has 20 heavy (non-hydrogen) atoms. The maximum Gasteiger partial charge on any atom is 0.0514 e. The molecule has 0 aliphatic carbocycles. The van der Waals surface area contributed by atoms with Gasteiger partial charge in [0.15, 0.2) is 0 Å². The molecule has 0 spiro atoms. The lowest BCUT2D eigenvalue weighted by atomic mass is 10.1. The van der Waals surface area contributed by atoms with Gasteiger partial charge in [-0.3, -0.25) is 0 Å². The molecule has 0 aromatic heterocycles. The molecule has 0 saturated carbocycles. The van der Waals surface area contributed by atoms with Gasteiger partial charge in [0.05, 0.1) is 6.04 Å². The fourth-order valence-corrected chi connectivity index (χ4v) is 2.46. The van der Waals surface area contributed by atoms with Crippen LogP contribution in [0.4, 0.5) is 5.69 Å². The standard InChI is InChI=1S/C18H24N2/c1-15-9-11-18(12-10-15)20(14-6-13-19)16(2)17-7-4-3-5-8-17/h3-5,7-12,16H,6,13-14,19H2,1-2H3. The van der Waals surface area contributed by atoms with E-state index >= 15 is 0 Å². The van der Waals surface area contributed by atoms with E-state index in [1.807, 2.05) is 0 Å². The summed E-state index contributed by atoms with van der Waals surface area (Å²) in [6.45, 7) is 6.08. The minimum atomic E-state index is 0.352. The Balaban J connectivity index is 2.25. The normalized spacial score (nSPS) is 12.2. The molecule has 1 atom stereocenters. The molecule has 2 N–H and O–H groups in total. The smallest absolute Gasteiger partial charge is 0.0514 e. The third-order valence-electron chi connectivity index (χ3n) is 3.72. The van der Waals surface area contributed by atoms with Gasteiger partial charge in [0.1, 0.15) is 0 Å². The lowest BCUT2D eigenvalue weighted by molar-refractivity contribution is 0.646. The highest BCUT2D eigenvalue weighted by molar-refractivity contribution is 5.49. The number of hydrogen-bond acceptors (Lipinski definition) is 2. The van der Waals surface area contributed by atoms with Crippen molar-refractivity contribution in [1.29, 1.82) is 0 Å². The van der Waals surface area contributed by atoms with Crippen LogP contribution in [0.5, 0.6) is 0 Å². The van der Waals surface area contributed by atoms with E-state index in [0.717, 1.165) is 19.5 Å². The third kappa shape index (κ3) is 3.61. The molecular weight excluding hydrogens is 244 g/mol. The predicted molar refractivity (Wildman–Crippen MR) is 87.1 cm³/mol. The summed E-state index contributed by atoms with van der Waals surface area (Å²) in [5, 5.41) is 0. The van der Waals surface area contributed by atoms with Crippen LogP contribution in [-0.4, -0.2) is 13.1 Å². The molecule has 0 aliphatic rings. The van der Waals surface area contributed by atoms with Crippen molar-refractivity contribution in [3.63, 3.8) is 0 Å². The highest BCUT2D eigenvalue weighted by Crippen LogP contribution is 2.27. The van der Waals surface area contributed by atoms with Crippen LogP contribution in [0.2, 0.25) is 0 Å². The quantitative estimate of drug-likeness (QED) is 0.860. The van der Waals surface area contributed by atoms with Gasteiger partial charge in [0, 0.05) is 12.2 Å². The highest BCUT2D eigenvalue weighted by Gasteiger charge is 2.15. The SMILES string of the molecule is Cc1ccc(N(CCCN)C(C)c2ccccc2)cc1. The summed E-state index contributed by atoms with van der Waals surface area (Å²) < 4.78 is 0. The zero-order valence-electron chi connectivity index (χ0n) is 12.4. The van der Waals surface area contributed by atoms with E-state index < -0.39 is 0 Å². The number of anilines is 1. The summed E-state index contributed by atoms with van der Waals surface area (Å²) in [6.07, 6.45) is 1.01. The van der Waals surface area contributed by atoms with Crippen molar-refractivity contribution in [2.45, 2.75) is 26.3 Å². The number of aryl methyl sites for hydroxylation is 1. The summed E-state index contributed by atoms with van der Waals surface area (Å²) in [4.78, 5) is 2.43. The average molecular weight is 268 g/mol. The molecule has 0 fully saturated rings. The maximum absolute atomic E-state index is 5.69. The minimum Gasteiger partial charge on any atom is -0.365 e. The Labute approximate surface area is 122 Å². The number of rotatable bonds is 6. The van der Waals surface area contributed by atoms with Gasteiger partial charge in [-0.2, -0.15) is 0 Å². The molecule has 2 aromatic carbocycles. The zero-order valence-corrected chi connectivity index (χ0v) is 12.4. The monoisotopic (exact) mass is 268 g/mol. The summed E-state index contributed by atoms with van der Waals surface area (Å²) >= 11 is 0. The van der Waals surface area contributed by atoms with Gasteiger partial charge in [-0.1, -0.05) is 48.0 Å². The largest absolute Gasteiger partial charge is 0.365 e. The zero-order chi connectivity index (χ0) is 14.4. The molecule has 2 heteroatoms. The topological polar surface area (TPSA) is 29.3 Å². The molecular formula is C18H24N2. The minimum absolute atomic E-state index is 0.352. The van der Waals surface area contributed by atoms with E-state index in [-0.39, 0.29) is 0 Å². The van der Waals surface area contributed by atoms with Gasteiger partial charge in [-0.25, -0.2) is 0 Å². The lowest BCUT2D eigenvalue weighted by Gasteiger charge is -2.32. The van der Waals surface area contributed by atoms with E-state index in [9.17, 15) is 0 Å². The fraction of sp³-hybridized carbons (Fsp3) is 0.333. The van der Waals surface area contributed by atoms with Gasteiger partial charge in [0.2, 0.25) is 0 Å². The summed E-state index contributed by atoms with van der Waals surface area (Å²) in [5.74, 6) is 0. The Bertz CT molecular complexity index is 505. The van der Waals surface area contributed by atoms with Crippen LogP contribution in [0.15, 0.2) is 54.6 Å². The van der Waals surface area contributed by atoms with E-state index in [1.54, 1.807) is 0 Å². The molecule has 2 rings (SSSR count).